The Labute approximate surface area is 185 Å². The van der Waals surface area contributed by atoms with Crippen LogP contribution in [-0.4, -0.2) is 84.1 Å². The van der Waals surface area contributed by atoms with E-state index in [4.69, 9.17) is 5.11 Å². The maximum Gasteiger partial charge on any atom is 0.289 e. The summed E-state index contributed by atoms with van der Waals surface area (Å²) in [6, 6.07) is 9.29. The number of Topliss-reactive ketones (excluding diaryl/α,β-unsaturated/α-hetero) is 1. The van der Waals surface area contributed by atoms with Gasteiger partial charge in [0.25, 0.3) is 5.91 Å². The number of aliphatic hydroxyl groups excluding tert-OH is 5. The van der Waals surface area contributed by atoms with Crippen molar-refractivity contribution in [2.75, 3.05) is 6.61 Å². The Morgan fingerprint density at radius 3 is 2.27 bits per heavy atom. The first-order valence-corrected chi connectivity index (χ1v) is 9.60. The molecule has 0 radical (unpaired) electrons. The molecule has 1 unspecified atom stereocenters. The number of hydrogen-bond acceptors (Lipinski definition) is 9. The normalized spacial score (nSPS) is 15.0. The number of aromatic nitrogens is 2. The summed E-state index contributed by atoms with van der Waals surface area (Å²) in [7, 11) is 0. The Morgan fingerprint density at radius 2 is 1.64 bits per heavy atom. The molecule has 33 heavy (non-hydrogen) atoms. The van der Waals surface area contributed by atoms with E-state index in [0.29, 0.717) is 0 Å². The first-order valence-electron chi connectivity index (χ1n) is 9.60. The third-order valence-electron chi connectivity index (χ3n) is 4.80. The van der Waals surface area contributed by atoms with Gasteiger partial charge in [-0.3, -0.25) is 14.4 Å². The van der Waals surface area contributed by atoms with Crippen LogP contribution in [0.5, 0.6) is 0 Å². The monoisotopic (exact) mass is 461 g/mol. The smallest absolute Gasteiger partial charge is 0.289 e. The van der Waals surface area contributed by atoms with Crippen LogP contribution in [0.3, 0.4) is 0 Å². The number of nitrogens with zero attached hydrogens (tertiary/aromatic N) is 1. The Hall–Kier alpha value is -3.55. The number of ketones is 2. The number of imidazole rings is 1. The fourth-order valence-electron chi connectivity index (χ4n) is 2.94. The molecule has 174 valence electrons. The van der Waals surface area contributed by atoms with E-state index in [1.165, 1.54) is 30.3 Å². The summed E-state index contributed by atoms with van der Waals surface area (Å²) in [6.07, 6.45) is -8.46. The Kier molecular flexibility index (Phi) is 7.26. The van der Waals surface area contributed by atoms with E-state index in [1.54, 1.807) is 0 Å². The lowest BCUT2D eigenvalue weighted by Gasteiger charge is -2.22. The van der Waals surface area contributed by atoms with Crippen molar-refractivity contribution in [2.45, 2.75) is 24.5 Å². The molecule has 0 aliphatic rings. The molecule has 0 saturated heterocycles. The maximum absolute atomic E-state index is 13.1. The van der Waals surface area contributed by atoms with Gasteiger partial charge in [-0.1, -0.05) is 0 Å². The van der Waals surface area contributed by atoms with Crippen molar-refractivity contribution in [3.05, 3.63) is 65.2 Å². The second-order valence-corrected chi connectivity index (χ2v) is 7.12. The van der Waals surface area contributed by atoms with Gasteiger partial charge >= 0.3 is 0 Å². The molecule has 3 rings (SSSR count). The lowest BCUT2D eigenvalue weighted by atomic mass is 10.0. The maximum atomic E-state index is 13.1. The third kappa shape index (κ3) is 5.27. The summed E-state index contributed by atoms with van der Waals surface area (Å²) in [5.41, 5.74) is 1.06. The van der Waals surface area contributed by atoms with Gasteiger partial charge in [0.1, 0.15) is 24.1 Å². The lowest BCUT2D eigenvalue weighted by Crippen LogP contribution is -2.52. The predicted molar refractivity (Wildman–Crippen MR) is 110 cm³/mol. The van der Waals surface area contributed by atoms with Crippen molar-refractivity contribution in [2.24, 2.45) is 0 Å². The number of benzene rings is 2. The molecule has 0 spiro atoms. The Bertz CT molecular complexity index is 1180. The minimum atomic E-state index is -2.28. The van der Waals surface area contributed by atoms with Gasteiger partial charge in [0.15, 0.2) is 17.8 Å². The number of aliphatic hydroxyl groups is 5. The van der Waals surface area contributed by atoms with Crippen molar-refractivity contribution in [1.29, 1.82) is 0 Å². The van der Waals surface area contributed by atoms with E-state index in [0.717, 1.165) is 12.1 Å². The number of carbonyl (C=O) groups excluding carboxylic acids is 3. The van der Waals surface area contributed by atoms with Crippen molar-refractivity contribution in [3.8, 4) is 0 Å². The Morgan fingerprint density at radius 1 is 1.00 bits per heavy atom. The largest absolute Gasteiger partial charge is 0.394 e. The summed E-state index contributed by atoms with van der Waals surface area (Å²) in [4.78, 5) is 43.5. The van der Waals surface area contributed by atoms with E-state index in [-0.39, 0.29) is 28.0 Å². The molecule has 0 fully saturated rings. The zero-order chi connectivity index (χ0) is 24.3. The van der Waals surface area contributed by atoms with Crippen molar-refractivity contribution >= 4 is 28.5 Å². The third-order valence-corrected chi connectivity index (χ3v) is 4.80. The highest BCUT2D eigenvalue weighted by Gasteiger charge is 2.34. The van der Waals surface area contributed by atoms with Gasteiger partial charge in [0.05, 0.1) is 17.6 Å². The van der Waals surface area contributed by atoms with Crippen molar-refractivity contribution in [3.63, 3.8) is 0 Å². The number of hydrogen-bond donors (Lipinski definition) is 7. The van der Waals surface area contributed by atoms with E-state index >= 15 is 0 Å². The summed E-state index contributed by atoms with van der Waals surface area (Å²) in [5.74, 6) is -3.67. The van der Waals surface area contributed by atoms with Crippen LogP contribution in [0.15, 0.2) is 42.5 Å². The van der Waals surface area contributed by atoms with Gasteiger partial charge in [-0.05, 0) is 42.5 Å². The summed E-state index contributed by atoms with van der Waals surface area (Å²) in [5, 5.41) is 49.0. The first kappa shape index (κ1) is 24.1. The molecule has 0 bridgehead atoms. The second-order valence-electron chi connectivity index (χ2n) is 7.12. The molecule has 7 N–H and O–H groups in total. The van der Waals surface area contributed by atoms with E-state index in [9.17, 15) is 39.2 Å². The molecule has 0 aliphatic carbocycles. The van der Waals surface area contributed by atoms with Crippen LogP contribution in [0.1, 0.15) is 26.5 Å². The number of aromatic amines is 1. The number of fused-ring (bicyclic) bond motifs is 1. The highest BCUT2D eigenvalue weighted by Crippen LogP contribution is 2.17. The zero-order valence-corrected chi connectivity index (χ0v) is 16.8. The molecular weight excluding hydrogens is 441 g/mol. The molecular formula is C21H20FN3O8. The topological polar surface area (TPSA) is 193 Å². The molecule has 11 nitrogen and oxygen atoms in total. The van der Waals surface area contributed by atoms with E-state index < -0.39 is 54.4 Å². The Balaban J connectivity index is 1.73. The zero-order valence-electron chi connectivity index (χ0n) is 16.8. The van der Waals surface area contributed by atoms with Gasteiger partial charge in [-0.2, -0.15) is 0 Å². The quantitative estimate of drug-likeness (QED) is 0.149. The van der Waals surface area contributed by atoms with Crippen molar-refractivity contribution < 1.29 is 44.3 Å². The molecule has 3 aromatic rings. The van der Waals surface area contributed by atoms with Crippen LogP contribution >= 0.6 is 0 Å². The molecule has 0 aliphatic heterocycles. The second kappa shape index (κ2) is 9.94. The SMILES string of the molecule is O=C(c1ccc(F)cc1)c1ccc2nc(C(=O)NC(O)C(=O)[C@@H](O)[C@H](O)[C@H](O)CO)[nH]c2c1. The predicted octanol–water partition coefficient (Wildman–Crippen LogP) is -1.37. The summed E-state index contributed by atoms with van der Waals surface area (Å²) in [6.45, 7) is -0.946. The highest BCUT2D eigenvalue weighted by molar-refractivity contribution is 6.10. The number of halogens is 1. The van der Waals surface area contributed by atoms with Crippen molar-refractivity contribution in [1.82, 2.24) is 15.3 Å². The average Bonchev–Trinajstić information content (AvgIpc) is 3.25. The first-order chi connectivity index (χ1) is 15.6. The minimum Gasteiger partial charge on any atom is -0.394 e. The molecule has 1 heterocycles. The van der Waals surface area contributed by atoms with E-state index in [2.05, 4.69) is 9.97 Å². The number of nitrogens with one attached hydrogen (secondary N) is 2. The number of carbonyl (C=O) groups is 3. The fraction of sp³-hybridized carbons (Fsp3) is 0.238. The van der Waals surface area contributed by atoms with Gasteiger partial charge in [-0.15, -0.1) is 0 Å². The van der Waals surface area contributed by atoms with Crippen LogP contribution in [0.2, 0.25) is 0 Å². The molecule has 0 saturated carbocycles. The van der Waals surface area contributed by atoms with Crippen LogP contribution in [0.4, 0.5) is 4.39 Å². The minimum absolute atomic E-state index is 0.236. The fourth-order valence-corrected chi connectivity index (χ4v) is 2.94. The van der Waals surface area contributed by atoms with Crippen LogP contribution in [-0.2, 0) is 4.79 Å². The van der Waals surface area contributed by atoms with Gasteiger partial charge < -0.3 is 35.8 Å². The van der Waals surface area contributed by atoms with Crippen LogP contribution in [0.25, 0.3) is 11.0 Å². The van der Waals surface area contributed by atoms with E-state index in [1.807, 2.05) is 5.32 Å². The van der Waals surface area contributed by atoms with Gasteiger partial charge in [-0.25, -0.2) is 9.37 Å². The standard InChI is InChI=1S/C21H20FN3O8/c22-11-4-1-9(2-5-11)15(28)10-3-6-12-13(7-10)24-19(23-12)21(33)25-20(32)18(31)17(30)16(29)14(27)8-26/h1-7,14,16-17,20,26-27,29-30,32H,8H2,(H,23,24)(H,25,33)/t14-,16-,17+,20?/m1/s1. The summed E-state index contributed by atoms with van der Waals surface area (Å²) < 4.78 is 13.1. The molecule has 1 amide bonds. The summed E-state index contributed by atoms with van der Waals surface area (Å²) >= 11 is 0. The average molecular weight is 461 g/mol. The molecule has 4 atom stereocenters. The van der Waals surface area contributed by atoms with Crippen LogP contribution in [0, 0.1) is 5.82 Å². The molecule has 12 heteroatoms. The highest BCUT2D eigenvalue weighted by atomic mass is 19.1. The number of H-pyrrole nitrogens is 1. The van der Waals surface area contributed by atoms with Gasteiger partial charge in [0.2, 0.25) is 5.78 Å². The number of rotatable bonds is 9. The number of amides is 1. The van der Waals surface area contributed by atoms with Gasteiger partial charge in [0, 0.05) is 11.1 Å². The molecule has 2 aromatic carbocycles. The van der Waals surface area contributed by atoms with Crippen LogP contribution < -0.4 is 5.32 Å². The lowest BCUT2D eigenvalue weighted by molar-refractivity contribution is -0.149. The molecule has 1 aromatic heterocycles.